The summed E-state index contributed by atoms with van der Waals surface area (Å²) in [4.78, 5) is 10.6. The van der Waals surface area contributed by atoms with Crippen LogP contribution in [0.4, 0.5) is 13.2 Å². The highest BCUT2D eigenvalue weighted by Gasteiger charge is 2.31. The lowest BCUT2D eigenvalue weighted by molar-refractivity contribution is -0.274. The Hall–Kier alpha value is -1.82. The molecule has 2 aromatic carbocycles. The lowest BCUT2D eigenvalue weighted by Crippen LogP contribution is -2.17. The van der Waals surface area contributed by atoms with Crippen LogP contribution in [0.1, 0.15) is 10.4 Å². The largest absolute Gasteiger partial charge is 0.573 e. The van der Waals surface area contributed by atoms with Crippen molar-refractivity contribution in [2.75, 3.05) is 0 Å². The van der Waals surface area contributed by atoms with Crippen LogP contribution in [0.2, 0.25) is 0 Å². The first kappa shape index (κ1) is 14.6. The molecule has 6 heteroatoms. The molecule has 0 fully saturated rings. The molecule has 0 bridgehead atoms. The second-order valence-corrected chi connectivity index (χ2v) is 4.88. The van der Waals surface area contributed by atoms with Crippen molar-refractivity contribution in [2.24, 2.45) is 0 Å². The first-order valence-corrected chi connectivity index (χ1v) is 6.28. The molecule has 0 aliphatic rings. The summed E-state index contributed by atoms with van der Waals surface area (Å²) in [6, 6.07) is 10.7. The molecule has 0 amide bonds. The Labute approximate surface area is 121 Å². The van der Waals surface area contributed by atoms with Crippen LogP contribution >= 0.6 is 15.9 Å². The van der Waals surface area contributed by atoms with Gasteiger partial charge in [-0.05, 0) is 29.3 Å². The summed E-state index contributed by atoms with van der Waals surface area (Å²) in [5.74, 6) is -0.304. The highest BCUT2D eigenvalue weighted by molar-refractivity contribution is 9.10. The predicted octanol–water partition coefficient (Wildman–Crippen LogP) is 4.83. The van der Waals surface area contributed by atoms with Crippen LogP contribution in [0.25, 0.3) is 11.1 Å². The molecule has 0 radical (unpaired) electrons. The Bertz CT molecular complexity index is 621. The third-order valence-electron chi connectivity index (χ3n) is 2.48. The molecule has 0 aliphatic carbocycles. The highest BCUT2D eigenvalue weighted by atomic mass is 79.9. The van der Waals surface area contributed by atoms with Crippen LogP contribution < -0.4 is 4.74 Å². The Morgan fingerprint density at radius 3 is 2.20 bits per heavy atom. The van der Waals surface area contributed by atoms with E-state index in [4.69, 9.17) is 0 Å². The first-order valence-electron chi connectivity index (χ1n) is 5.49. The monoisotopic (exact) mass is 344 g/mol. The molecule has 104 valence electrons. The van der Waals surface area contributed by atoms with E-state index in [1.54, 1.807) is 30.3 Å². The minimum absolute atomic E-state index is 0.304. The molecule has 0 saturated heterocycles. The fourth-order valence-electron chi connectivity index (χ4n) is 1.68. The minimum atomic E-state index is -4.74. The van der Waals surface area contributed by atoms with Crippen molar-refractivity contribution in [1.82, 2.24) is 0 Å². The summed E-state index contributed by atoms with van der Waals surface area (Å²) in [7, 11) is 0. The lowest BCUT2D eigenvalue weighted by atomic mass is 10.0. The number of ether oxygens (including phenoxy) is 1. The van der Waals surface area contributed by atoms with E-state index in [9.17, 15) is 18.0 Å². The third-order valence-corrected chi connectivity index (χ3v) is 2.94. The number of hydrogen-bond donors (Lipinski definition) is 0. The van der Waals surface area contributed by atoms with Crippen molar-refractivity contribution in [3.05, 3.63) is 52.5 Å². The number of rotatable bonds is 3. The summed E-state index contributed by atoms with van der Waals surface area (Å²) >= 11 is 3.14. The molecular formula is C14H8BrF3O2. The van der Waals surface area contributed by atoms with E-state index in [1.165, 1.54) is 12.1 Å². The summed E-state index contributed by atoms with van der Waals surface area (Å²) in [5.41, 5.74) is 1.73. The lowest BCUT2D eigenvalue weighted by Gasteiger charge is -2.11. The van der Waals surface area contributed by atoms with Gasteiger partial charge in [-0.15, -0.1) is 13.2 Å². The zero-order valence-corrected chi connectivity index (χ0v) is 11.5. The van der Waals surface area contributed by atoms with Gasteiger partial charge < -0.3 is 4.74 Å². The average molecular weight is 345 g/mol. The van der Waals surface area contributed by atoms with Gasteiger partial charge in [-0.3, -0.25) is 4.79 Å². The standard InChI is InChI=1S/C14H8BrF3O2/c15-12-5-11(6-13(7-12)20-14(16,17)18)10-3-1-9(8-19)2-4-10/h1-8H. The van der Waals surface area contributed by atoms with Gasteiger partial charge in [0, 0.05) is 10.0 Å². The summed E-state index contributed by atoms with van der Waals surface area (Å²) in [6.45, 7) is 0. The van der Waals surface area contributed by atoms with Gasteiger partial charge in [0.25, 0.3) is 0 Å². The number of hydrogen-bond acceptors (Lipinski definition) is 2. The molecule has 0 spiro atoms. The SMILES string of the molecule is O=Cc1ccc(-c2cc(Br)cc(OC(F)(F)F)c2)cc1. The molecule has 0 heterocycles. The average Bonchev–Trinajstić information content (AvgIpc) is 2.36. The molecule has 2 rings (SSSR count). The fraction of sp³-hybridized carbons (Fsp3) is 0.0714. The number of carbonyl (C=O) groups is 1. The van der Waals surface area contributed by atoms with E-state index in [0.29, 0.717) is 27.4 Å². The van der Waals surface area contributed by atoms with Crippen molar-refractivity contribution in [3.8, 4) is 16.9 Å². The first-order chi connectivity index (χ1) is 9.37. The maximum atomic E-state index is 12.2. The molecule has 0 atom stereocenters. The maximum Gasteiger partial charge on any atom is 0.573 e. The molecule has 0 saturated carbocycles. The number of aldehydes is 1. The van der Waals surface area contributed by atoms with E-state index in [0.717, 1.165) is 0 Å². The fourth-order valence-corrected chi connectivity index (χ4v) is 2.15. The van der Waals surface area contributed by atoms with E-state index in [-0.39, 0.29) is 5.75 Å². The van der Waals surface area contributed by atoms with Crippen LogP contribution in [0, 0.1) is 0 Å². The van der Waals surface area contributed by atoms with E-state index >= 15 is 0 Å². The summed E-state index contributed by atoms with van der Waals surface area (Å²) in [6.07, 6.45) is -4.04. The predicted molar refractivity (Wildman–Crippen MR) is 71.6 cm³/mol. The Balaban J connectivity index is 2.38. The smallest absolute Gasteiger partial charge is 0.406 e. The van der Waals surface area contributed by atoms with Gasteiger partial charge in [-0.2, -0.15) is 0 Å². The summed E-state index contributed by atoms with van der Waals surface area (Å²) < 4.78 is 41.1. The molecule has 2 nitrogen and oxygen atoms in total. The molecule has 0 aromatic heterocycles. The topological polar surface area (TPSA) is 26.3 Å². The van der Waals surface area contributed by atoms with Crippen LogP contribution in [0.3, 0.4) is 0 Å². The molecular weight excluding hydrogens is 337 g/mol. The van der Waals surface area contributed by atoms with Crippen molar-refractivity contribution < 1.29 is 22.7 Å². The third kappa shape index (κ3) is 3.84. The summed E-state index contributed by atoms with van der Waals surface area (Å²) in [5, 5.41) is 0. The Kier molecular flexibility index (Phi) is 4.13. The van der Waals surface area contributed by atoms with E-state index in [1.807, 2.05) is 0 Å². The Morgan fingerprint density at radius 2 is 1.65 bits per heavy atom. The van der Waals surface area contributed by atoms with E-state index in [2.05, 4.69) is 20.7 Å². The maximum absolute atomic E-state index is 12.2. The van der Waals surface area contributed by atoms with Crippen LogP contribution in [0.5, 0.6) is 5.75 Å². The molecule has 0 unspecified atom stereocenters. The molecule has 2 aromatic rings. The molecule has 0 N–H and O–H groups in total. The van der Waals surface area contributed by atoms with Gasteiger partial charge in [0.2, 0.25) is 0 Å². The highest BCUT2D eigenvalue weighted by Crippen LogP contribution is 2.31. The van der Waals surface area contributed by atoms with Gasteiger partial charge >= 0.3 is 6.36 Å². The minimum Gasteiger partial charge on any atom is -0.406 e. The molecule has 0 aliphatic heterocycles. The van der Waals surface area contributed by atoms with Gasteiger partial charge in [0.05, 0.1) is 0 Å². The van der Waals surface area contributed by atoms with Crippen molar-refractivity contribution >= 4 is 22.2 Å². The van der Waals surface area contributed by atoms with Gasteiger partial charge in [-0.1, -0.05) is 40.2 Å². The zero-order chi connectivity index (χ0) is 14.8. The van der Waals surface area contributed by atoms with Crippen LogP contribution in [-0.4, -0.2) is 12.6 Å². The Morgan fingerprint density at radius 1 is 1.00 bits per heavy atom. The normalized spacial score (nSPS) is 11.2. The van der Waals surface area contributed by atoms with Gasteiger partial charge in [-0.25, -0.2) is 0 Å². The number of halogens is 4. The number of benzene rings is 2. The number of carbonyl (C=O) groups excluding carboxylic acids is 1. The van der Waals surface area contributed by atoms with Gasteiger partial charge in [0.1, 0.15) is 12.0 Å². The second kappa shape index (κ2) is 5.66. The van der Waals surface area contributed by atoms with E-state index < -0.39 is 6.36 Å². The van der Waals surface area contributed by atoms with Gasteiger partial charge in [0.15, 0.2) is 0 Å². The van der Waals surface area contributed by atoms with Crippen LogP contribution in [0.15, 0.2) is 46.9 Å². The van der Waals surface area contributed by atoms with Crippen molar-refractivity contribution in [1.29, 1.82) is 0 Å². The quantitative estimate of drug-likeness (QED) is 0.745. The van der Waals surface area contributed by atoms with Crippen LogP contribution in [-0.2, 0) is 0 Å². The molecule has 20 heavy (non-hydrogen) atoms. The second-order valence-electron chi connectivity index (χ2n) is 3.96. The van der Waals surface area contributed by atoms with Crippen molar-refractivity contribution in [3.63, 3.8) is 0 Å². The van der Waals surface area contributed by atoms with Crippen molar-refractivity contribution in [2.45, 2.75) is 6.36 Å². The number of alkyl halides is 3. The zero-order valence-electron chi connectivity index (χ0n) is 9.95.